The maximum atomic E-state index is 12.3. The maximum Gasteiger partial charge on any atom is 0.222 e. The number of amides is 1. The molecule has 3 aliphatic heterocycles. The van der Waals surface area contributed by atoms with Gasteiger partial charge in [-0.15, -0.1) is 0 Å². The van der Waals surface area contributed by atoms with Gasteiger partial charge in [0.1, 0.15) is 0 Å². The summed E-state index contributed by atoms with van der Waals surface area (Å²) in [6, 6.07) is 1.41. The Kier molecular flexibility index (Phi) is 3.35. The number of piperidine rings is 1. The Labute approximate surface area is 110 Å². The normalized spacial score (nSPS) is 43.4. The predicted molar refractivity (Wildman–Crippen MR) is 72.2 cm³/mol. The summed E-state index contributed by atoms with van der Waals surface area (Å²) in [7, 11) is 0. The lowest BCUT2D eigenvalue weighted by Gasteiger charge is -2.30. The second kappa shape index (κ2) is 4.84. The minimum atomic E-state index is 0.414. The molecule has 2 bridgehead atoms. The fraction of sp³-hybridized carbons (Fsp3) is 0.933. The molecule has 3 heteroatoms. The van der Waals surface area contributed by atoms with Gasteiger partial charge in [0.15, 0.2) is 0 Å². The Bertz CT molecular complexity index is 308. The first-order valence-corrected chi connectivity index (χ1v) is 7.65. The maximum absolute atomic E-state index is 12.3. The molecule has 3 heterocycles. The molecular weight excluding hydrogens is 224 g/mol. The smallest absolute Gasteiger partial charge is 0.222 e. The molecule has 4 atom stereocenters. The summed E-state index contributed by atoms with van der Waals surface area (Å²) < 4.78 is 0. The van der Waals surface area contributed by atoms with E-state index in [0.29, 0.717) is 35.7 Å². The molecule has 1 N–H and O–H groups in total. The number of fused-ring (bicyclic) bond motifs is 2. The highest BCUT2D eigenvalue weighted by molar-refractivity contribution is 5.76. The molecule has 3 fully saturated rings. The zero-order valence-corrected chi connectivity index (χ0v) is 11.7. The van der Waals surface area contributed by atoms with Crippen LogP contribution in [-0.2, 0) is 4.79 Å². The standard InChI is InChI=1S/C15H26N2O/c1-10-8-17(9-11(10)2)15(18)7-12-5-13-3-4-14(6-12)16-13/h10-14,16H,3-9H2,1-2H3. The van der Waals surface area contributed by atoms with Crippen molar-refractivity contribution in [2.24, 2.45) is 17.8 Å². The van der Waals surface area contributed by atoms with E-state index >= 15 is 0 Å². The highest BCUT2D eigenvalue weighted by Gasteiger charge is 2.36. The van der Waals surface area contributed by atoms with E-state index in [2.05, 4.69) is 24.1 Å². The quantitative estimate of drug-likeness (QED) is 0.813. The van der Waals surface area contributed by atoms with Gasteiger partial charge in [-0.1, -0.05) is 13.8 Å². The number of carbonyl (C=O) groups excluding carboxylic acids is 1. The van der Waals surface area contributed by atoms with Crippen LogP contribution in [0.5, 0.6) is 0 Å². The molecule has 0 aromatic carbocycles. The molecule has 0 aliphatic carbocycles. The summed E-state index contributed by atoms with van der Waals surface area (Å²) in [5, 5.41) is 3.65. The first kappa shape index (κ1) is 12.5. The van der Waals surface area contributed by atoms with Crippen molar-refractivity contribution >= 4 is 5.91 Å². The molecule has 0 radical (unpaired) electrons. The topological polar surface area (TPSA) is 32.3 Å². The van der Waals surface area contributed by atoms with Gasteiger partial charge in [-0.05, 0) is 43.4 Å². The van der Waals surface area contributed by atoms with Gasteiger partial charge < -0.3 is 10.2 Å². The molecule has 0 aromatic heterocycles. The van der Waals surface area contributed by atoms with Crippen LogP contribution in [0.15, 0.2) is 0 Å². The molecule has 3 nitrogen and oxygen atoms in total. The molecule has 0 aromatic rings. The third kappa shape index (κ3) is 2.42. The van der Waals surface area contributed by atoms with Crippen molar-refractivity contribution in [1.82, 2.24) is 10.2 Å². The van der Waals surface area contributed by atoms with Crippen molar-refractivity contribution in [3.05, 3.63) is 0 Å². The van der Waals surface area contributed by atoms with Gasteiger partial charge in [0.05, 0.1) is 0 Å². The monoisotopic (exact) mass is 250 g/mol. The Morgan fingerprint density at radius 1 is 1.11 bits per heavy atom. The highest BCUT2D eigenvalue weighted by Crippen LogP contribution is 2.33. The summed E-state index contributed by atoms with van der Waals surface area (Å²) in [6.07, 6.45) is 5.90. The van der Waals surface area contributed by atoms with Crippen molar-refractivity contribution in [2.75, 3.05) is 13.1 Å². The molecule has 0 saturated carbocycles. The average Bonchev–Trinajstić information content (AvgIpc) is 2.83. The lowest BCUT2D eigenvalue weighted by atomic mass is 9.89. The van der Waals surface area contributed by atoms with Gasteiger partial charge in [-0.3, -0.25) is 4.79 Å². The van der Waals surface area contributed by atoms with E-state index < -0.39 is 0 Å². The first-order chi connectivity index (χ1) is 8.61. The van der Waals surface area contributed by atoms with E-state index in [9.17, 15) is 4.79 Å². The summed E-state index contributed by atoms with van der Waals surface area (Å²) in [6.45, 7) is 6.50. The van der Waals surface area contributed by atoms with Crippen LogP contribution in [0, 0.1) is 17.8 Å². The average molecular weight is 250 g/mol. The molecule has 102 valence electrons. The Balaban J connectivity index is 1.52. The van der Waals surface area contributed by atoms with Gasteiger partial charge in [0.2, 0.25) is 5.91 Å². The Morgan fingerprint density at radius 2 is 1.67 bits per heavy atom. The minimum absolute atomic E-state index is 0.414. The molecule has 3 aliphatic rings. The van der Waals surface area contributed by atoms with E-state index in [1.807, 2.05) is 0 Å². The molecular formula is C15H26N2O. The van der Waals surface area contributed by atoms with E-state index in [1.165, 1.54) is 25.7 Å². The van der Waals surface area contributed by atoms with Gasteiger partial charge in [-0.25, -0.2) is 0 Å². The van der Waals surface area contributed by atoms with Gasteiger partial charge >= 0.3 is 0 Å². The molecule has 3 rings (SSSR count). The van der Waals surface area contributed by atoms with Gasteiger partial charge in [0, 0.05) is 31.6 Å². The lowest BCUT2D eigenvalue weighted by molar-refractivity contribution is -0.131. The number of nitrogens with one attached hydrogen (secondary N) is 1. The minimum Gasteiger partial charge on any atom is -0.342 e. The van der Waals surface area contributed by atoms with E-state index in [1.54, 1.807) is 0 Å². The highest BCUT2D eigenvalue weighted by atomic mass is 16.2. The Hall–Kier alpha value is -0.570. The van der Waals surface area contributed by atoms with Crippen molar-refractivity contribution < 1.29 is 4.79 Å². The fourth-order valence-electron chi connectivity index (χ4n) is 4.05. The molecule has 0 spiro atoms. The first-order valence-electron chi connectivity index (χ1n) is 7.65. The second-order valence-corrected chi connectivity index (χ2v) is 6.93. The number of carbonyl (C=O) groups is 1. The molecule has 4 unspecified atom stereocenters. The van der Waals surface area contributed by atoms with Gasteiger partial charge in [0.25, 0.3) is 0 Å². The summed E-state index contributed by atoms with van der Waals surface area (Å²) >= 11 is 0. The lowest BCUT2D eigenvalue weighted by Crippen LogP contribution is -2.40. The fourth-order valence-corrected chi connectivity index (χ4v) is 4.05. The van der Waals surface area contributed by atoms with Crippen LogP contribution in [0.3, 0.4) is 0 Å². The van der Waals surface area contributed by atoms with Crippen LogP contribution in [0.1, 0.15) is 46.0 Å². The summed E-state index contributed by atoms with van der Waals surface area (Å²) in [5.41, 5.74) is 0. The van der Waals surface area contributed by atoms with Crippen LogP contribution < -0.4 is 5.32 Å². The molecule has 1 amide bonds. The summed E-state index contributed by atoms with van der Waals surface area (Å²) in [5.74, 6) is 2.41. The van der Waals surface area contributed by atoms with Crippen molar-refractivity contribution in [3.8, 4) is 0 Å². The number of likely N-dealkylation sites (tertiary alicyclic amines) is 1. The van der Waals surface area contributed by atoms with Crippen LogP contribution in [0.25, 0.3) is 0 Å². The SMILES string of the molecule is CC1CN(C(=O)CC2CC3CCC(C2)N3)CC1C. The second-order valence-electron chi connectivity index (χ2n) is 6.93. The van der Waals surface area contributed by atoms with E-state index in [4.69, 9.17) is 0 Å². The van der Waals surface area contributed by atoms with Crippen LogP contribution in [0.4, 0.5) is 0 Å². The predicted octanol–water partition coefficient (Wildman–Crippen LogP) is 2.02. The zero-order chi connectivity index (χ0) is 12.7. The van der Waals surface area contributed by atoms with Crippen LogP contribution >= 0.6 is 0 Å². The number of rotatable bonds is 2. The third-order valence-electron chi connectivity index (χ3n) is 5.37. The van der Waals surface area contributed by atoms with Crippen LogP contribution in [0.2, 0.25) is 0 Å². The zero-order valence-electron chi connectivity index (χ0n) is 11.7. The largest absolute Gasteiger partial charge is 0.342 e. The number of hydrogen-bond donors (Lipinski definition) is 1. The Morgan fingerprint density at radius 3 is 2.22 bits per heavy atom. The molecule has 3 saturated heterocycles. The third-order valence-corrected chi connectivity index (χ3v) is 5.37. The van der Waals surface area contributed by atoms with Crippen molar-refractivity contribution in [1.29, 1.82) is 0 Å². The molecule has 18 heavy (non-hydrogen) atoms. The van der Waals surface area contributed by atoms with Crippen molar-refractivity contribution in [3.63, 3.8) is 0 Å². The van der Waals surface area contributed by atoms with E-state index in [0.717, 1.165) is 19.5 Å². The van der Waals surface area contributed by atoms with Crippen LogP contribution in [-0.4, -0.2) is 36.0 Å². The number of nitrogens with zero attached hydrogens (tertiary/aromatic N) is 1. The number of hydrogen-bond acceptors (Lipinski definition) is 2. The van der Waals surface area contributed by atoms with Crippen molar-refractivity contribution in [2.45, 2.75) is 58.0 Å². The van der Waals surface area contributed by atoms with E-state index in [-0.39, 0.29) is 0 Å². The summed E-state index contributed by atoms with van der Waals surface area (Å²) in [4.78, 5) is 14.5. The van der Waals surface area contributed by atoms with Gasteiger partial charge in [-0.2, -0.15) is 0 Å².